The zero-order chi connectivity index (χ0) is 15.4. The molecule has 0 aliphatic rings. The smallest absolute Gasteiger partial charge is 0.262 e. The van der Waals surface area contributed by atoms with Crippen molar-refractivity contribution < 1.29 is 18.3 Å². The second kappa shape index (κ2) is 6.01. The van der Waals surface area contributed by atoms with Crippen LogP contribution in [0.2, 0.25) is 0 Å². The van der Waals surface area contributed by atoms with Gasteiger partial charge in [-0.25, -0.2) is 8.78 Å². The predicted molar refractivity (Wildman–Crippen MR) is 72.0 cm³/mol. The van der Waals surface area contributed by atoms with E-state index in [4.69, 9.17) is 10.00 Å². The van der Waals surface area contributed by atoms with E-state index in [9.17, 15) is 13.6 Å². The summed E-state index contributed by atoms with van der Waals surface area (Å²) in [4.78, 5) is 12.1. The van der Waals surface area contributed by atoms with Crippen LogP contribution in [0.4, 0.5) is 14.5 Å². The Labute approximate surface area is 119 Å². The van der Waals surface area contributed by atoms with Gasteiger partial charge in [0.2, 0.25) is 0 Å². The molecule has 2 aromatic rings. The molecule has 0 bridgehead atoms. The van der Waals surface area contributed by atoms with Gasteiger partial charge in [-0.1, -0.05) is 12.1 Å². The van der Waals surface area contributed by atoms with Crippen molar-refractivity contribution in [1.82, 2.24) is 0 Å². The van der Waals surface area contributed by atoms with Gasteiger partial charge in [0.15, 0.2) is 0 Å². The molecule has 1 N–H and O–H groups in total. The fraction of sp³-hybridized carbons (Fsp3) is 0.0667. The summed E-state index contributed by atoms with van der Waals surface area (Å²) in [5.41, 5.74) is -0.665. The Kier molecular flexibility index (Phi) is 4.14. The van der Waals surface area contributed by atoms with Crippen LogP contribution in [0.15, 0.2) is 36.4 Å². The molecule has 0 saturated carbocycles. The second-order valence-corrected chi connectivity index (χ2v) is 4.05. The molecule has 2 rings (SSSR count). The normalized spacial score (nSPS) is 9.81. The van der Waals surface area contributed by atoms with Crippen LogP contribution in [0.3, 0.4) is 0 Å². The molecule has 0 unspecified atom stereocenters. The largest absolute Gasteiger partial charge is 0.496 e. The zero-order valence-electron chi connectivity index (χ0n) is 11.0. The third kappa shape index (κ3) is 2.82. The lowest BCUT2D eigenvalue weighted by molar-refractivity contribution is 0.102. The summed E-state index contributed by atoms with van der Waals surface area (Å²) in [5.74, 6) is -2.33. The summed E-state index contributed by atoms with van der Waals surface area (Å²) in [6, 6.07) is 9.36. The molecule has 0 heterocycles. The minimum Gasteiger partial charge on any atom is -0.496 e. The van der Waals surface area contributed by atoms with Crippen LogP contribution >= 0.6 is 0 Å². The molecule has 106 valence electrons. The van der Waals surface area contributed by atoms with Crippen molar-refractivity contribution in [2.75, 3.05) is 12.4 Å². The van der Waals surface area contributed by atoms with Gasteiger partial charge in [0, 0.05) is 0 Å². The molecule has 21 heavy (non-hydrogen) atoms. The van der Waals surface area contributed by atoms with Crippen molar-refractivity contribution in [1.29, 1.82) is 5.26 Å². The topological polar surface area (TPSA) is 62.1 Å². The van der Waals surface area contributed by atoms with E-state index in [0.717, 1.165) is 12.1 Å². The maximum atomic E-state index is 13.8. The van der Waals surface area contributed by atoms with Crippen molar-refractivity contribution in [3.63, 3.8) is 0 Å². The number of nitriles is 1. The van der Waals surface area contributed by atoms with Crippen LogP contribution in [0, 0.1) is 23.0 Å². The van der Waals surface area contributed by atoms with Crippen LogP contribution in [0.25, 0.3) is 0 Å². The van der Waals surface area contributed by atoms with Gasteiger partial charge in [-0.05, 0) is 24.3 Å². The molecule has 0 saturated heterocycles. The average molecular weight is 288 g/mol. The Balaban J connectivity index is 2.41. The lowest BCUT2D eigenvalue weighted by Gasteiger charge is -2.11. The molecule has 0 radical (unpaired) electrons. The lowest BCUT2D eigenvalue weighted by atomic mass is 10.1. The number of hydrogen-bond acceptors (Lipinski definition) is 3. The molecule has 6 heteroatoms. The van der Waals surface area contributed by atoms with Gasteiger partial charge in [-0.3, -0.25) is 4.79 Å². The Bertz CT molecular complexity index is 739. The molecule has 2 aromatic carbocycles. The first-order valence-electron chi connectivity index (χ1n) is 5.91. The number of nitrogens with one attached hydrogen (secondary N) is 1. The number of benzene rings is 2. The first kappa shape index (κ1) is 14.5. The molecule has 0 spiro atoms. The van der Waals surface area contributed by atoms with E-state index in [1.165, 1.54) is 31.4 Å². The number of carbonyl (C=O) groups excluding carboxylic acids is 1. The highest BCUT2D eigenvalue weighted by atomic mass is 19.1. The first-order chi connectivity index (χ1) is 10.1. The number of hydrogen-bond donors (Lipinski definition) is 1. The fourth-order valence-corrected chi connectivity index (χ4v) is 1.82. The highest BCUT2D eigenvalue weighted by Gasteiger charge is 2.19. The van der Waals surface area contributed by atoms with Gasteiger partial charge >= 0.3 is 0 Å². The van der Waals surface area contributed by atoms with Crippen molar-refractivity contribution in [3.8, 4) is 11.8 Å². The number of anilines is 1. The van der Waals surface area contributed by atoms with Crippen LogP contribution in [-0.4, -0.2) is 13.0 Å². The molecule has 0 aliphatic carbocycles. The Morgan fingerprint density at radius 1 is 1.19 bits per heavy atom. The average Bonchev–Trinajstić information content (AvgIpc) is 2.47. The maximum absolute atomic E-state index is 13.8. The quantitative estimate of drug-likeness (QED) is 0.944. The number of ether oxygens (including phenoxy) is 1. The SMILES string of the molecule is COc1cccc(F)c1C(=O)Nc1cccc(F)c1C#N. The van der Waals surface area contributed by atoms with Gasteiger partial charge in [0.05, 0.1) is 12.8 Å². The van der Waals surface area contributed by atoms with Crippen LogP contribution in [-0.2, 0) is 0 Å². The molecule has 4 nitrogen and oxygen atoms in total. The van der Waals surface area contributed by atoms with Gasteiger partial charge in [-0.2, -0.15) is 5.26 Å². The number of rotatable bonds is 3. The molecule has 1 amide bonds. The van der Waals surface area contributed by atoms with E-state index in [0.29, 0.717) is 0 Å². The molecule has 0 fully saturated rings. The van der Waals surface area contributed by atoms with Gasteiger partial charge in [0.25, 0.3) is 5.91 Å². The summed E-state index contributed by atoms with van der Waals surface area (Å²) in [6.45, 7) is 0. The van der Waals surface area contributed by atoms with E-state index in [1.807, 2.05) is 0 Å². The Morgan fingerprint density at radius 3 is 2.52 bits per heavy atom. The summed E-state index contributed by atoms with van der Waals surface area (Å²) >= 11 is 0. The lowest BCUT2D eigenvalue weighted by Crippen LogP contribution is -2.16. The number of halogens is 2. The van der Waals surface area contributed by atoms with E-state index < -0.39 is 17.5 Å². The highest BCUT2D eigenvalue weighted by Crippen LogP contribution is 2.24. The molecule has 0 aliphatic heterocycles. The Morgan fingerprint density at radius 2 is 1.86 bits per heavy atom. The molecule has 0 atom stereocenters. The minimum absolute atomic E-state index is 0.0344. The van der Waals surface area contributed by atoms with Crippen LogP contribution in [0.1, 0.15) is 15.9 Å². The van der Waals surface area contributed by atoms with E-state index >= 15 is 0 Å². The maximum Gasteiger partial charge on any atom is 0.262 e. The molecular formula is C15H10F2N2O2. The summed E-state index contributed by atoms with van der Waals surface area (Å²) < 4.78 is 32.2. The summed E-state index contributed by atoms with van der Waals surface area (Å²) in [6.07, 6.45) is 0. The zero-order valence-corrected chi connectivity index (χ0v) is 11.0. The highest BCUT2D eigenvalue weighted by molar-refractivity contribution is 6.07. The monoisotopic (exact) mass is 288 g/mol. The number of carbonyl (C=O) groups is 1. The summed E-state index contributed by atoms with van der Waals surface area (Å²) in [7, 11) is 1.30. The number of amides is 1. The molecule has 0 aromatic heterocycles. The predicted octanol–water partition coefficient (Wildman–Crippen LogP) is 3.10. The van der Waals surface area contributed by atoms with Crippen molar-refractivity contribution in [2.45, 2.75) is 0 Å². The van der Waals surface area contributed by atoms with Crippen molar-refractivity contribution in [3.05, 3.63) is 59.2 Å². The third-order valence-electron chi connectivity index (χ3n) is 2.80. The van der Waals surface area contributed by atoms with Gasteiger partial charge < -0.3 is 10.1 Å². The molecular weight excluding hydrogens is 278 g/mol. The third-order valence-corrected chi connectivity index (χ3v) is 2.80. The Hall–Kier alpha value is -2.94. The first-order valence-corrected chi connectivity index (χ1v) is 5.91. The van der Waals surface area contributed by atoms with Crippen molar-refractivity contribution >= 4 is 11.6 Å². The van der Waals surface area contributed by atoms with E-state index in [2.05, 4.69) is 5.32 Å². The van der Waals surface area contributed by atoms with Crippen LogP contribution < -0.4 is 10.1 Å². The fourth-order valence-electron chi connectivity index (χ4n) is 1.82. The van der Waals surface area contributed by atoms with Gasteiger partial charge in [-0.15, -0.1) is 0 Å². The van der Waals surface area contributed by atoms with Crippen LogP contribution in [0.5, 0.6) is 5.75 Å². The minimum atomic E-state index is -0.827. The summed E-state index contributed by atoms with van der Waals surface area (Å²) in [5, 5.41) is 11.2. The standard InChI is InChI=1S/C15H10F2N2O2/c1-21-13-7-3-5-11(17)14(13)15(20)19-12-6-2-4-10(16)9(12)8-18/h2-7H,1H3,(H,19,20). The number of methoxy groups -OCH3 is 1. The number of nitrogens with zero attached hydrogens (tertiary/aromatic N) is 1. The van der Waals surface area contributed by atoms with Gasteiger partial charge in [0.1, 0.15) is 34.6 Å². The van der Waals surface area contributed by atoms with E-state index in [-0.39, 0.29) is 22.6 Å². The van der Waals surface area contributed by atoms with E-state index in [1.54, 1.807) is 6.07 Å². The second-order valence-electron chi connectivity index (χ2n) is 4.05. The van der Waals surface area contributed by atoms with Crippen molar-refractivity contribution in [2.24, 2.45) is 0 Å².